The van der Waals surface area contributed by atoms with E-state index in [0.29, 0.717) is 13.2 Å². The zero-order chi connectivity index (χ0) is 16.4. The number of benzene rings is 1. The lowest BCUT2D eigenvalue weighted by atomic mass is 9.97. The second kappa shape index (κ2) is 7.47. The van der Waals surface area contributed by atoms with E-state index in [0.717, 1.165) is 31.4 Å². The maximum atomic E-state index is 10.6. The van der Waals surface area contributed by atoms with Gasteiger partial charge in [0.15, 0.2) is 12.6 Å². The Kier molecular flexibility index (Phi) is 5.12. The molecule has 4 rings (SSSR count). The number of rotatable bonds is 5. The van der Waals surface area contributed by atoms with Gasteiger partial charge in [0.25, 0.3) is 0 Å². The van der Waals surface area contributed by atoms with Crippen LogP contribution >= 0.6 is 0 Å². The van der Waals surface area contributed by atoms with E-state index >= 15 is 0 Å². The van der Waals surface area contributed by atoms with Crippen molar-refractivity contribution < 1.29 is 24.1 Å². The molecular weight excluding hydrogens is 310 g/mol. The molecule has 2 N–H and O–H groups in total. The van der Waals surface area contributed by atoms with Crippen molar-refractivity contribution in [2.45, 2.75) is 62.7 Å². The van der Waals surface area contributed by atoms with Crippen molar-refractivity contribution in [1.29, 1.82) is 0 Å². The third kappa shape index (κ3) is 3.49. The lowest BCUT2D eigenvalue weighted by Gasteiger charge is -2.41. The van der Waals surface area contributed by atoms with E-state index in [9.17, 15) is 5.11 Å². The first-order valence-corrected chi connectivity index (χ1v) is 8.81. The topological polar surface area (TPSA) is 69.2 Å². The van der Waals surface area contributed by atoms with Gasteiger partial charge in [0, 0.05) is 13.2 Å². The predicted molar refractivity (Wildman–Crippen MR) is 86.2 cm³/mol. The van der Waals surface area contributed by atoms with Crippen LogP contribution in [0, 0.1) is 0 Å². The summed E-state index contributed by atoms with van der Waals surface area (Å²) in [6.45, 7) is 1.84. The van der Waals surface area contributed by atoms with Gasteiger partial charge >= 0.3 is 0 Å². The number of fused-ring (bicyclic) bond motifs is 2. The molecule has 3 aliphatic rings. The van der Waals surface area contributed by atoms with Crippen LogP contribution in [0.2, 0.25) is 0 Å². The van der Waals surface area contributed by atoms with Crippen LogP contribution in [0.15, 0.2) is 30.3 Å². The van der Waals surface area contributed by atoms with Gasteiger partial charge in [-0.05, 0) is 24.8 Å². The summed E-state index contributed by atoms with van der Waals surface area (Å²) in [5, 5.41) is 14.0. The molecule has 0 aliphatic carbocycles. The summed E-state index contributed by atoms with van der Waals surface area (Å²) in [5.74, 6) is 0. The summed E-state index contributed by atoms with van der Waals surface area (Å²) >= 11 is 0. The molecule has 1 aromatic rings. The highest BCUT2D eigenvalue weighted by Crippen LogP contribution is 2.32. The molecule has 6 nitrogen and oxygen atoms in total. The van der Waals surface area contributed by atoms with Gasteiger partial charge in [0.05, 0.1) is 12.6 Å². The highest BCUT2D eigenvalue weighted by molar-refractivity contribution is 5.15. The molecule has 3 aliphatic heterocycles. The van der Waals surface area contributed by atoms with Crippen molar-refractivity contribution in [2.75, 3.05) is 13.2 Å². The fourth-order valence-corrected chi connectivity index (χ4v) is 3.62. The Morgan fingerprint density at radius 2 is 2.04 bits per heavy atom. The number of aliphatic hydroxyl groups excluding tert-OH is 1. The molecule has 6 heteroatoms. The monoisotopic (exact) mass is 335 g/mol. The molecule has 0 radical (unpaired) electrons. The molecule has 0 spiro atoms. The number of hydrogen-bond donors (Lipinski definition) is 2. The molecule has 0 amide bonds. The molecule has 24 heavy (non-hydrogen) atoms. The van der Waals surface area contributed by atoms with E-state index in [2.05, 4.69) is 17.4 Å². The quantitative estimate of drug-likeness (QED) is 0.842. The van der Waals surface area contributed by atoms with Gasteiger partial charge in [-0.25, -0.2) is 0 Å². The molecular formula is C18H25NO5. The standard InChI is InChI=1S/C18H25NO5/c20-16-15(19-10-12-6-2-1-3-7-12)17(13-11-22-18(16)23-13)24-14-8-4-5-9-21-14/h1-3,6-7,13-20H,4-5,8-11H2/t13-,14-,15+,16-,17+,18-/m1/s1. The third-order valence-electron chi connectivity index (χ3n) is 4.93. The van der Waals surface area contributed by atoms with Crippen molar-refractivity contribution in [2.24, 2.45) is 0 Å². The second-order valence-electron chi connectivity index (χ2n) is 6.66. The zero-order valence-electron chi connectivity index (χ0n) is 13.7. The number of aliphatic hydroxyl groups is 1. The van der Waals surface area contributed by atoms with E-state index in [1.54, 1.807) is 0 Å². The fraction of sp³-hybridized carbons (Fsp3) is 0.667. The minimum atomic E-state index is -0.763. The maximum absolute atomic E-state index is 10.6. The molecule has 1 aromatic carbocycles. The van der Waals surface area contributed by atoms with E-state index < -0.39 is 12.4 Å². The highest BCUT2D eigenvalue weighted by Gasteiger charge is 2.51. The minimum absolute atomic E-state index is 0.169. The lowest BCUT2D eigenvalue weighted by Crippen LogP contribution is -2.61. The Labute approximate surface area is 142 Å². The van der Waals surface area contributed by atoms with Gasteiger partial charge in [0.2, 0.25) is 0 Å². The van der Waals surface area contributed by atoms with Gasteiger partial charge < -0.3 is 29.4 Å². The van der Waals surface area contributed by atoms with Gasteiger partial charge in [-0.2, -0.15) is 0 Å². The van der Waals surface area contributed by atoms with Crippen LogP contribution < -0.4 is 5.32 Å². The fourth-order valence-electron chi connectivity index (χ4n) is 3.62. The Morgan fingerprint density at radius 1 is 1.17 bits per heavy atom. The summed E-state index contributed by atoms with van der Waals surface area (Å²) < 4.78 is 23.2. The van der Waals surface area contributed by atoms with E-state index in [4.69, 9.17) is 18.9 Å². The summed E-state index contributed by atoms with van der Waals surface area (Å²) in [5.41, 5.74) is 1.16. The van der Waals surface area contributed by atoms with E-state index in [-0.39, 0.29) is 24.5 Å². The summed E-state index contributed by atoms with van der Waals surface area (Å²) in [7, 11) is 0. The second-order valence-corrected chi connectivity index (χ2v) is 6.66. The predicted octanol–water partition coefficient (Wildman–Crippen LogP) is 1.17. The normalized spacial score (nSPS) is 39.0. The molecule has 6 atom stereocenters. The molecule has 0 unspecified atom stereocenters. The van der Waals surface area contributed by atoms with Crippen LogP contribution in [-0.4, -0.2) is 55.3 Å². The SMILES string of the molecule is O[C@H]1[C@@H]2OC[C@@H](O2)[C@H](O[C@@H]2CCCCO2)[C@H]1NCc1ccccc1. The van der Waals surface area contributed by atoms with E-state index in [1.165, 1.54) is 0 Å². The molecule has 3 saturated heterocycles. The van der Waals surface area contributed by atoms with Crippen LogP contribution in [0.3, 0.4) is 0 Å². The van der Waals surface area contributed by atoms with Crippen molar-refractivity contribution in [1.82, 2.24) is 5.32 Å². The van der Waals surface area contributed by atoms with Crippen molar-refractivity contribution >= 4 is 0 Å². The van der Waals surface area contributed by atoms with Gasteiger partial charge in [-0.1, -0.05) is 30.3 Å². The summed E-state index contributed by atoms with van der Waals surface area (Å²) in [4.78, 5) is 0. The molecule has 132 valence electrons. The average molecular weight is 335 g/mol. The number of nitrogens with one attached hydrogen (secondary N) is 1. The molecule has 0 aromatic heterocycles. The van der Waals surface area contributed by atoms with Gasteiger partial charge in [-0.15, -0.1) is 0 Å². The first-order chi connectivity index (χ1) is 11.8. The Morgan fingerprint density at radius 3 is 2.83 bits per heavy atom. The zero-order valence-corrected chi connectivity index (χ0v) is 13.7. The van der Waals surface area contributed by atoms with Crippen molar-refractivity contribution in [3.8, 4) is 0 Å². The number of ether oxygens (including phenoxy) is 4. The molecule has 2 bridgehead atoms. The minimum Gasteiger partial charge on any atom is -0.386 e. The highest BCUT2D eigenvalue weighted by atomic mass is 16.8. The van der Waals surface area contributed by atoms with E-state index in [1.807, 2.05) is 18.2 Å². The maximum Gasteiger partial charge on any atom is 0.185 e. The summed E-state index contributed by atoms with van der Waals surface area (Å²) in [6.07, 6.45) is 1.05. The van der Waals surface area contributed by atoms with Gasteiger partial charge in [-0.3, -0.25) is 0 Å². The third-order valence-corrected chi connectivity index (χ3v) is 4.93. The smallest absolute Gasteiger partial charge is 0.185 e. The Hall–Kier alpha value is -1.02. The summed E-state index contributed by atoms with van der Waals surface area (Å²) in [6, 6.07) is 9.88. The molecule has 3 fully saturated rings. The van der Waals surface area contributed by atoms with Crippen LogP contribution in [0.5, 0.6) is 0 Å². The Balaban J connectivity index is 1.45. The number of hydrogen-bond acceptors (Lipinski definition) is 6. The van der Waals surface area contributed by atoms with Crippen molar-refractivity contribution in [3.05, 3.63) is 35.9 Å². The molecule has 3 heterocycles. The van der Waals surface area contributed by atoms with Gasteiger partial charge in [0.1, 0.15) is 18.3 Å². The van der Waals surface area contributed by atoms with Crippen LogP contribution in [0.25, 0.3) is 0 Å². The average Bonchev–Trinajstić information content (AvgIpc) is 3.08. The Bertz CT molecular complexity index is 521. The lowest BCUT2D eigenvalue weighted by molar-refractivity contribution is -0.255. The first kappa shape index (κ1) is 16.4. The first-order valence-electron chi connectivity index (χ1n) is 8.81. The van der Waals surface area contributed by atoms with Crippen LogP contribution in [0.1, 0.15) is 24.8 Å². The molecule has 0 saturated carbocycles. The van der Waals surface area contributed by atoms with Crippen LogP contribution in [0.4, 0.5) is 0 Å². The van der Waals surface area contributed by atoms with Crippen LogP contribution in [-0.2, 0) is 25.5 Å². The van der Waals surface area contributed by atoms with Crippen molar-refractivity contribution in [3.63, 3.8) is 0 Å². The largest absolute Gasteiger partial charge is 0.386 e.